The van der Waals surface area contributed by atoms with E-state index in [2.05, 4.69) is 24.0 Å². The largest absolute Gasteiger partial charge is 0.465 e. The summed E-state index contributed by atoms with van der Waals surface area (Å²) in [6.45, 7) is 4.31. The number of carbonyl (C=O) groups is 1. The van der Waals surface area contributed by atoms with Crippen LogP contribution < -0.4 is 4.90 Å². The second-order valence-corrected chi connectivity index (χ2v) is 10.1. The number of unbranched alkanes of at least 4 members (excludes halogenated alkanes) is 12. The van der Waals surface area contributed by atoms with E-state index in [9.17, 15) is 4.79 Å². The van der Waals surface area contributed by atoms with E-state index >= 15 is 0 Å². The number of anilines is 1. The average Bonchev–Trinajstić information content (AvgIpc) is 2.86. The fourth-order valence-electron chi connectivity index (χ4n) is 4.15. The summed E-state index contributed by atoms with van der Waals surface area (Å²) in [5.74, 6) is 0.965. The van der Waals surface area contributed by atoms with Gasteiger partial charge in [0.1, 0.15) is 0 Å². The van der Waals surface area contributed by atoms with Gasteiger partial charge in [-0.1, -0.05) is 89.0 Å². The van der Waals surface area contributed by atoms with Gasteiger partial charge in [-0.25, -0.2) is 0 Å². The van der Waals surface area contributed by atoms with Gasteiger partial charge in [-0.05, 0) is 49.8 Å². The fourth-order valence-corrected chi connectivity index (χ4v) is 4.56. The maximum atomic E-state index is 12.1. The number of allylic oxidation sites excluding steroid dienone is 2. The molecule has 0 unspecified atom stereocenters. The van der Waals surface area contributed by atoms with E-state index in [-0.39, 0.29) is 5.97 Å². The van der Waals surface area contributed by atoms with Gasteiger partial charge in [0.2, 0.25) is 0 Å². The normalized spacial score (nSPS) is 11.3. The number of ether oxygens (including phenoxy) is 1. The average molecular weight is 527 g/mol. The van der Waals surface area contributed by atoms with E-state index in [1.54, 1.807) is 0 Å². The van der Waals surface area contributed by atoms with Crippen LogP contribution in [-0.4, -0.2) is 37.4 Å². The molecule has 1 rings (SSSR count). The molecular formula is C30H49Cl2NO2. The zero-order valence-corrected chi connectivity index (χ0v) is 23.6. The van der Waals surface area contributed by atoms with E-state index in [1.165, 1.54) is 77.0 Å². The van der Waals surface area contributed by atoms with E-state index < -0.39 is 0 Å². The van der Waals surface area contributed by atoms with Gasteiger partial charge in [-0.15, -0.1) is 23.2 Å². The summed E-state index contributed by atoms with van der Waals surface area (Å²) < 4.78 is 5.43. The summed E-state index contributed by atoms with van der Waals surface area (Å²) in [5, 5.41) is 0. The first-order chi connectivity index (χ1) is 17.2. The number of alkyl halides is 2. The molecule has 0 saturated heterocycles. The molecule has 200 valence electrons. The monoisotopic (exact) mass is 525 g/mol. The lowest BCUT2D eigenvalue weighted by molar-refractivity contribution is -0.142. The third kappa shape index (κ3) is 17.8. The number of nitrogens with zero attached hydrogens (tertiary/aromatic N) is 1. The van der Waals surface area contributed by atoms with Crippen molar-refractivity contribution in [2.45, 2.75) is 103 Å². The van der Waals surface area contributed by atoms with Crippen LogP contribution in [0.2, 0.25) is 0 Å². The number of carbonyl (C=O) groups excluding carboxylic acids is 1. The summed E-state index contributed by atoms with van der Waals surface area (Å²) >= 11 is 11.8. The molecule has 0 aliphatic heterocycles. The summed E-state index contributed by atoms with van der Waals surface area (Å²) in [5.41, 5.74) is 2.05. The van der Waals surface area contributed by atoms with Gasteiger partial charge >= 0.3 is 5.97 Å². The molecule has 0 bridgehead atoms. The van der Waals surface area contributed by atoms with Crippen molar-refractivity contribution in [2.24, 2.45) is 0 Å². The minimum atomic E-state index is -0.149. The minimum absolute atomic E-state index is 0.149. The summed E-state index contributed by atoms with van der Waals surface area (Å²) in [4.78, 5) is 14.3. The standard InChI is InChI=1S/C30H49Cl2NO2/c1-2-3-4-5-6-7-8-9-10-11-12-13-14-15-16-17-26-35-30(34)27-28-18-20-29(21-19-28)33(24-22-31)25-23-32/h9-10,18-21H,2-8,11-17,22-27H2,1H3/b10-9+. The highest BCUT2D eigenvalue weighted by atomic mass is 35.5. The fraction of sp³-hybridized carbons (Fsp3) is 0.700. The predicted molar refractivity (Wildman–Crippen MR) is 154 cm³/mol. The van der Waals surface area contributed by atoms with Crippen molar-refractivity contribution in [3.8, 4) is 0 Å². The van der Waals surface area contributed by atoms with E-state index in [0.29, 0.717) is 24.8 Å². The Labute approximate surface area is 225 Å². The molecule has 0 saturated carbocycles. The predicted octanol–water partition coefficient (Wildman–Crippen LogP) is 9.09. The number of hydrogen-bond acceptors (Lipinski definition) is 3. The zero-order valence-electron chi connectivity index (χ0n) is 22.1. The van der Waals surface area contributed by atoms with E-state index in [4.69, 9.17) is 27.9 Å². The van der Waals surface area contributed by atoms with Gasteiger partial charge in [-0.2, -0.15) is 0 Å². The van der Waals surface area contributed by atoms with Crippen LogP contribution in [0.1, 0.15) is 102 Å². The van der Waals surface area contributed by atoms with Crippen molar-refractivity contribution in [1.29, 1.82) is 0 Å². The van der Waals surface area contributed by atoms with E-state index in [1.807, 2.05) is 24.3 Å². The van der Waals surface area contributed by atoms with Crippen molar-refractivity contribution in [2.75, 3.05) is 36.4 Å². The van der Waals surface area contributed by atoms with Gasteiger partial charge < -0.3 is 9.64 Å². The van der Waals surface area contributed by atoms with Crippen molar-refractivity contribution in [1.82, 2.24) is 0 Å². The van der Waals surface area contributed by atoms with E-state index in [0.717, 1.165) is 37.2 Å². The Balaban J connectivity index is 1.98. The Bertz CT molecular complexity index is 642. The van der Waals surface area contributed by atoms with Crippen molar-refractivity contribution in [3.63, 3.8) is 0 Å². The van der Waals surface area contributed by atoms with Gasteiger partial charge in [0.15, 0.2) is 0 Å². The highest BCUT2D eigenvalue weighted by molar-refractivity contribution is 6.18. The van der Waals surface area contributed by atoms with Crippen LogP contribution in [0.3, 0.4) is 0 Å². The minimum Gasteiger partial charge on any atom is -0.465 e. The molecule has 5 heteroatoms. The molecule has 0 amide bonds. The topological polar surface area (TPSA) is 29.5 Å². The van der Waals surface area contributed by atoms with Crippen LogP contribution in [-0.2, 0) is 16.0 Å². The van der Waals surface area contributed by atoms with Gasteiger partial charge in [0, 0.05) is 30.5 Å². The summed E-state index contributed by atoms with van der Waals surface area (Å²) in [6.07, 6.45) is 22.9. The van der Waals surface area contributed by atoms with Crippen LogP contribution in [0.5, 0.6) is 0 Å². The van der Waals surface area contributed by atoms with Crippen molar-refractivity contribution < 1.29 is 9.53 Å². The first-order valence-corrected chi connectivity index (χ1v) is 15.0. The summed E-state index contributed by atoms with van der Waals surface area (Å²) in [7, 11) is 0. The number of halogens is 2. The molecule has 0 heterocycles. The Hall–Kier alpha value is -1.19. The van der Waals surface area contributed by atoms with Gasteiger partial charge in [-0.3, -0.25) is 4.79 Å². The molecule has 0 atom stereocenters. The van der Waals surface area contributed by atoms with Crippen LogP contribution in [0.25, 0.3) is 0 Å². The molecule has 0 radical (unpaired) electrons. The second kappa shape index (κ2) is 23.2. The van der Waals surface area contributed by atoms with Crippen LogP contribution in [0, 0.1) is 0 Å². The second-order valence-electron chi connectivity index (χ2n) is 9.37. The zero-order chi connectivity index (χ0) is 25.4. The van der Waals surface area contributed by atoms with Crippen LogP contribution >= 0.6 is 23.2 Å². The number of rotatable bonds is 23. The first-order valence-electron chi connectivity index (χ1n) is 14.0. The number of hydrogen-bond donors (Lipinski definition) is 0. The molecular weight excluding hydrogens is 477 g/mol. The molecule has 0 N–H and O–H groups in total. The molecule has 0 fully saturated rings. The molecule has 0 aromatic heterocycles. The maximum absolute atomic E-state index is 12.1. The van der Waals surface area contributed by atoms with Crippen molar-refractivity contribution in [3.05, 3.63) is 42.0 Å². The molecule has 0 spiro atoms. The highest BCUT2D eigenvalue weighted by Crippen LogP contribution is 2.16. The molecule has 35 heavy (non-hydrogen) atoms. The molecule has 0 aliphatic rings. The molecule has 3 nitrogen and oxygen atoms in total. The van der Waals surface area contributed by atoms with Gasteiger partial charge in [0.25, 0.3) is 0 Å². The lowest BCUT2D eigenvalue weighted by Crippen LogP contribution is -2.27. The Morgan fingerprint density at radius 3 is 1.83 bits per heavy atom. The van der Waals surface area contributed by atoms with Crippen LogP contribution in [0.15, 0.2) is 36.4 Å². The smallest absolute Gasteiger partial charge is 0.310 e. The number of esters is 1. The quantitative estimate of drug-likeness (QED) is 0.0616. The molecule has 1 aromatic carbocycles. The maximum Gasteiger partial charge on any atom is 0.310 e. The van der Waals surface area contributed by atoms with Crippen molar-refractivity contribution >= 4 is 34.9 Å². The highest BCUT2D eigenvalue weighted by Gasteiger charge is 2.08. The SMILES string of the molecule is CCCCCCCC/C=C/CCCCCCCCOC(=O)Cc1ccc(N(CCCl)CCCl)cc1. The Kier molecular flexibility index (Phi) is 21.1. The van der Waals surface area contributed by atoms with Crippen LogP contribution in [0.4, 0.5) is 5.69 Å². The summed E-state index contributed by atoms with van der Waals surface area (Å²) in [6, 6.07) is 8.01. The molecule has 1 aromatic rings. The lowest BCUT2D eigenvalue weighted by atomic mass is 10.1. The van der Waals surface area contributed by atoms with Gasteiger partial charge in [0.05, 0.1) is 13.0 Å². The first kappa shape index (κ1) is 31.8. The third-order valence-electron chi connectivity index (χ3n) is 6.28. The number of benzene rings is 1. The molecule has 0 aliphatic carbocycles. The Morgan fingerprint density at radius 2 is 1.29 bits per heavy atom. The lowest BCUT2D eigenvalue weighted by Gasteiger charge is -2.23. The Morgan fingerprint density at radius 1 is 0.771 bits per heavy atom. The third-order valence-corrected chi connectivity index (χ3v) is 6.62.